The highest BCUT2D eigenvalue weighted by molar-refractivity contribution is 5.00. The number of hydrogen-bond acceptors (Lipinski definition) is 3. The molecule has 0 amide bonds. The standard InChI is InChI=1S/C14H24O3/c1-2-12(10-3-4-10)13-11(9-15)5-6-14(13)16-7-8-17-14/h10-13,15H,2-9H2,1H3. The van der Waals surface area contributed by atoms with Crippen LogP contribution in [-0.4, -0.2) is 30.7 Å². The van der Waals surface area contributed by atoms with Crippen molar-refractivity contribution in [2.45, 2.75) is 44.8 Å². The maximum Gasteiger partial charge on any atom is 0.171 e. The van der Waals surface area contributed by atoms with E-state index in [0.29, 0.717) is 24.4 Å². The summed E-state index contributed by atoms with van der Waals surface area (Å²) in [6.45, 7) is 4.03. The maximum atomic E-state index is 9.62. The molecule has 17 heavy (non-hydrogen) atoms. The van der Waals surface area contributed by atoms with Crippen LogP contribution in [0.5, 0.6) is 0 Å². The van der Waals surface area contributed by atoms with Gasteiger partial charge in [0.1, 0.15) is 0 Å². The molecule has 2 aliphatic carbocycles. The Morgan fingerprint density at radius 3 is 2.47 bits per heavy atom. The van der Waals surface area contributed by atoms with E-state index in [1.54, 1.807) is 0 Å². The maximum absolute atomic E-state index is 9.62. The van der Waals surface area contributed by atoms with Crippen molar-refractivity contribution >= 4 is 0 Å². The Balaban J connectivity index is 1.84. The zero-order chi connectivity index (χ0) is 11.9. The first-order chi connectivity index (χ1) is 8.30. The van der Waals surface area contributed by atoms with Gasteiger partial charge < -0.3 is 14.6 Å². The monoisotopic (exact) mass is 240 g/mol. The van der Waals surface area contributed by atoms with E-state index in [-0.39, 0.29) is 5.79 Å². The van der Waals surface area contributed by atoms with E-state index >= 15 is 0 Å². The average Bonchev–Trinajstić information content (AvgIpc) is 2.98. The fraction of sp³-hybridized carbons (Fsp3) is 1.00. The Morgan fingerprint density at radius 1 is 1.24 bits per heavy atom. The molecule has 3 fully saturated rings. The van der Waals surface area contributed by atoms with Gasteiger partial charge in [0.15, 0.2) is 5.79 Å². The molecule has 0 radical (unpaired) electrons. The van der Waals surface area contributed by atoms with Crippen LogP contribution in [0.25, 0.3) is 0 Å². The quantitative estimate of drug-likeness (QED) is 0.818. The summed E-state index contributed by atoms with van der Waals surface area (Å²) in [5.41, 5.74) is 0. The van der Waals surface area contributed by atoms with Gasteiger partial charge in [0.25, 0.3) is 0 Å². The minimum absolute atomic E-state index is 0.294. The van der Waals surface area contributed by atoms with E-state index in [1.165, 1.54) is 19.3 Å². The number of rotatable bonds is 4. The highest BCUT2D eigenvalue weighted by Crippen LogP contribution is 2.55. The molecule has 3 nitrogen and oxygen atoms in total. The van der Waals surface area contributed by atoms with Crippen molar-refractivity contribution in [3.63, 3.8) is 0 Å². The van der Waals surface area contributed by atoms with Crippen LogP contribution in [0.1, 0.15) is 39.0 Å². The van der Waals surface area contributed by atoms with Crippen molar-refractivity contribution < 1.29 is 14.6 Å². The van der Waals surface area contributed by atoms with Crippen molar-refractivity contribution in [3.05, 3.63) is 0 Å². The summed E-state index contributed by atoms with van der Waals surface area (Å²) in [5.74, 6) is 2.03. The molecule has 98 valence electrons. The number of aliphatic hydroxyl groups excluding tert-OH is 1. The average molecular weight is 240 g/mol. The second kappa shape index (κ2) is 4.52. The molecular weight excluding hydrogens is 216 g/mol. The molecule has 3 heteroatoms. The van der Waals surface area contributed by atoms with Gasteiger partial charge in [-0.3, -0.25) is 0 Å². The number of aliphatic hydroxyl groups is 1. The summed E-state index contributed by atoms with van der Waals surface area (Å²) in [5, 5.41) is 9.62. The van der Waals surface area contributed by atoms with Crippen molar-refractivity contribution in [2.24, 2.45) is 23.7 Å². The van der Waals surface area contributed by atoms with Gasteiger partial charge in [-0.15, -0.1) is 0 Å². The molecule has 0 bridgehead atoms. The molecular formula is C14H24O3. The summed E-state index contributed by atoms with van der Waals surface area (Å²) in [7, 11) is 0. The summed E-state index contributed by atoms with van der Waals surface area (Å²) in [6, 6.07) is 0. The third-order valence-corrected chi connectivity index (χ3v) is 5.05. The zero-order valence-electron chi connectivity index (χ0n) is 10.7. The van der Waals surface area contributed by atoms with Gasteiger partial charge in [-0.25, -0.2) is 0 Å². The van der Waals surface area contributed by atoms with Gasteiger partial charge in [-0.05, 0) is 37.0 Å². The van der Waals surface area contributed by atoms with Crippen LogP contribution in [0.4, 0.5) is 0 Å². The molecule has 1 saturated heterocycles. The fourth-order valence-electron chi connectivity index (χ4n) is 4.18. The lowest BCUT2D eigenvalue weighted by Crippen LogP contribution is -2.42. The lowest BCUT2D eigenvalue weighted by atomic mass is 9.77. The molecule has 0 aromatic rings. The first-order valence-electron chi connectivity index (χ1n) is 7.19. The van der Waals surface area contributed by atoms with E-state index in [2.05, 4.69) is 6.92 Å². The summed E-state index contributed by atoms with van der Waals surface area (Å²) >= 11 is 0. The predicted octanol–water partition coefficient (Wildman–Crippen LogP) is 2.18. The van der Waals surface area contributed by atoms with Gasteiger partial charge in [-0.2, -0.15) is 0 Å². The molecule has 3 atom stereocenters. The molecule has 3 rings (SSSR count). The third kappa shape index (κ3) is 1.92. The minimum atomic E-state index is -0.337. The number of hydrogen-bond donors (Lipinski definition) is 1. The molecule has 1 spiro atoms. The van der Waals surface area contributed by atoms with Gasteiger partial charge in [0, 0.05) is 18.9 Å². The molecule has 1 N–H and O–H groups in total. The van der Waals surface area contributed by atoms with E-state index < -0.39 is 0 Å². The van der Waals surface area contributed by atoms with Crippen LogP contribution in [0.15, 0.2) is 0 Å². The second-order valence-electron chi connectivity index (χ2n) is 5.93. The van der Waals surface area contributed by atoms with Crippen molar-refractivity contribution in [1.82, 2.24) is 0 Å². The van der Waals surface area contributed by atoms with Crippen LogP contribution in [0.3, 0.4) is 0 Å². The normalized spacial score (nSPS) is 37.8. The van der Waals surface area contributed by atoms with Crippen molar-refractivity contribution in [2.75, 3.05) is 19.8 Å². The SMILES string of the molecule is CCC(C1CC1)C1C(CO)CCC12OCCO2. The van der Waals surface area contributed by atoms with Crippen LogP contribution in [-0.2, 0) is 9.47 Å². The summed E-state index contributed by atoms with van der Waals surface area (Å²) in [6.07, 6.45) is 5.96. The number of ether oxygens (including phenoxy) is 2. The van der Waals surface area contributed by atoms with Gasteiger partial charge in [0.05, 0.1) is 13.2 Å². The Labute approximate surface area is 103 Å². The molecule has 1 aliphatic heterocycles. The largest absolute Gasteiger partial charge is 0.396 e. The van der Waals surface area contributed by atoms with E-state index in [0.717, 1.165) is 32.0 Å². The van der Waals surface area contributed by atoms with Gasteiger partial charge in [0.2, 0.25) is 0 Å². The molecule has 0 aromatic heterocycles. The predicted molar refractivity (Wildman–Crippen MR) is 64.4 cm³/mol. The minimum Gasteiger partial charge on any atom is -0.396 e. The molecule has 2 saturated carbocycles. The van der Waals surface area contributed by atoms with Crippen LogP contribution < -0.4 is 0 Å². The van der Waals surface area contributed by atoms with Crippen LogP contribution in [0, 0.1) is 23.7 Å². The van der Waals surface area contributed by atoms with E-state index in [1.807, 2.05) is 0 Å². The molecule has 3 unspecified atom stereocenters. The lowest BCUT2D eigenvalue weighted by molar-refractivity contribution is -0.202. The Kier molecular flexibility index (Phi) is 3.18. The van der Waals surface area contributed by atoms with E-state index in [9.17, 15) is 5.11 Å². The summed E-state index contributed by atoms with van der Waals surface area (Å²) in [4.78, 5) is 0. The summed E-state index contributed by atoms with van der Waals surface area (Å²) < 4.78 is 11.9. The highest BCUT2D eigenvalue weighted by atomic mass is 16.7. The van der Waals surface area contributed by atoms with Gasteiger partial charge in [-0.1, -0.05) is 13.3 Å². The third-order valence-electron chi connectivity index (χ3n) is 5.05. The Hall–Kier alpha value is -0.120. The van der Waals surface area contributed by atoms with Crippen LogP contribution in [0.2, 0.25) is 0 Å². The first-order valence-corrected chi connectivity index (χ1v) is 7.19. The lowest BCUT2D eigenvalue weighted by Gasteiger charge is -2.37. The van der Waals surface area contributed by atoms with E-state index in [4.69, 9.17) is 9.47 Å². The van der Waals surface area contributed by atoms with Crippen molar-refractivity contribution in [3.8, 4) is 0 Å². The van der Waals surface area contributed by atoms with Crippen LogP contribution >= 0.6 is 0 Å². The van der Waals surface area contributed by atoms with Crippen molar-refractivity contribution in [1.29, 1.82) is 0 Å². The van der Waals surface area contributed by atoms with Gasteiger partial charge >= 0.3 is 0 Å². The Bertz CT molecular complexity index is 269. The zero-order valence-corrected chi connectivity index (χ0v) is 10.7. The Morgan fingerprint density at radius 2 is 1.94 bits per heavy atom. The fourth-order valence-corrected chi connectivity index (χ4v) is 4.18. The highest BCUT2D eigenvalue weighted by Gasteiger charge is 2.57. The molecule has 1 heterocycles. The smallest absolute Gasteiger partial charge is 0.171 e. The molecule has 3 aliphatic rings. The topological polar surface area (TPSA) is 38.7 Å². The first kappa shape index (κ1) is 11.9. The molecule has 0 aromatic carbocycles. The second-order valence-corrected chi connectivity index (χ2v) is 5.93.